The fourth-order valence-corrected chi connectivity index (χ4v) is 2.30. The van der Waals surface area contributed by atoms with E-state index >= 15 is 0 Å². The van der Waals surface area contributed by atoms with Gasteiger partial charge in [0.2, 0.25) is 6.04 Å². The zero-order chi connectivity index (χ0) is 10.3. The highest BCUT2D eigenvalue weighted by Gasteiger charge is 2.48. The van der Waals surface area contributed by atoms with Crippen LogP contribution in [0.5, 0.6) is 0 Å². The second-order valence-corrected chi connectivity index (χ2v) is 5.11. The maximum Gasteiger partial charge on any atom is 0.227 e. The molecule has 0 bridgehead atoms. The van der Waals surface area contributed by atoms with Crippen LogP contribution in [0, 0.1) is 6.57 Å². The summed E-state index contributed by atoms with van der Waals surface area (Å²) in [5.41, 5.74) is -0.784. The van der Waals surface area contributed by atoms with Crippen LogP contribution in [0.15, 0.2) is 0 Å². The van der Waals surface area contributed by atoms with E-state index in [-0.39, 0.29) is 6.04 Å². The molecule has 1 rings (SSSR count). The van der Waals surface area contributed by atoms with Gasteiger partial charge < -0.3 is 4.85 Å². The highest BCUT2D eigenvalue weighted by Crippen LogP contribution is 2.38. The van der Waals surface area contributed by atoms with Gasteiger partial charge in [-0.3, -0.25) is 0 Å². The highest BCUT2D eigenvalue weighted by molar-refractivity contribution is 5.02. The maximum absolute atomic E-state index is 11.8. The fraction of sp³-hybridized carbons (Fsp3) is 0.900. The summed E-state index contributed by atoms with van der Waals surface area (Å²) >= 11 is 0. The second-order valence-electron chi connectivity index (χ2n) is 5.11. The molecule has 0 atom stereocenters. The first-order valence-electron chi connectivity index (χ1n) is 4.64. The predicted molar refractivity (Wildman–Crippen MR) is 50.3 cm³/mol. The van der Waals surface area contributed by atoms with Crippen LogP contribution in [0.4, 0.5) is 0 Å². The van der Waals surface area contributed by atoms with Gasteiger partial charge in [-0.15, -0.1) is 10.3 Å². The van der Waals surface area contributed by atoms with Crippen LogP contribution in [0.1, 0.15) is 40.5 Å². The molecule has 0 amide bonds. The molecule has 1 fully saturated rings. The van der Waals surface area contributed by atoms with Crippen LogP contribution in [-0.4, -0.2) is 22.2 Å². The van der Waals surface area contributed by atoms with Gasteiger partial charge in [-0.2, -0.15) is 0 Å². The maximum atomic E-state index is 11.8. The molecule has 73 valence electrons. The summed E-state index contributed by atoms with van der Waals surface area (Å²) in [5.74, 6) is 0. The Kier molecular flexibility index (Phi) is 2.40. The van der Waals surface area contributed by atoms with E-state index in [1.54, 1.807) is 0 Å². The van der Waals surface area contributed by atoms with Gasteiger partial charge in [-0.05, 0) is 27.7 Å². The Labute approximate surface area is 80.1 Å². The van der Waals surface area contributed by atoms with E-state index in [4.69, 9.17) is 6.57 Å². The first-order valence-corrected chi connectivity index (χ1v) is 4.64. The molecule has 3 nitrogen and oxygen atoms in total. The van der Waals surface area contributed by atoms with Crippen molar-refractivity contribution in [2.75, 3.05) is 0 Å². The van der Waals surface area contributed by atoms with Gasteiger partial charge in [0.05, 0.1) is 11.1 Å². The number of hydrogen-bond donors (Lipinski definition) is 0. The summed E-state index contributed by atoms with van der Waals surface area (Å²) in [6.45, 7) is 14.7. The summed E-state index contributed by atoms with van der Waals surface area (Å²) in [6.07, 6.45) is 1.37. The van der Waals surface area contributed by atoms with Crippen molar-refractivity contribution >= 4 is 0 Å². The van der Waals surface area contributed by atoms with Crippen molar-refractivity contribution < 1.29 is 5.21 Å². The fourth-order valence-electron chi connectivity index (χ4n) is 2.30. The quantitative estimate of drug-likeness (QED) is 0.527. The lowest BCUT2D eigenvalue weighted by Gasteiger charge is -2.46. The van der Waals surface area contributed by atoms with Crippen molar-refractivity contribution in [1.82, 2.24) is 5.06 Å². The Morgan fingerprint density at radius 3 is 1.92 bits per heavy atom. The van der Waals surface area contributed by atoms with E-state index in [1.807, 2.05) is 27.7 Å². The average Bonchev–Trinajstić information content (AvgIpc) is 1.99. The zero-order valence-corrected chi connectivity index (χ0v) is 8.79. The summed E-state index contributed by atoms with van der Waals surface area (Å²) in [7, 11) is 0. The Hall–Kier alpha value is -0.590. The number of hydroxylamine groups is 2. The predicted octanol–water partition coefficient (Wildman–Crippen LogP) is 2.27. The molecule has 0 unspecified atom stereocenters. The molecule has 0 aliphatic carbocycles. The monoisotopic (exact) mass is 181 g/mol. The SMILES string of the molecule is [C-]#[N+]C1CC(C)(C)N([O])C(C)(C)C1. The van der Waals surface area contributed by atoms with Crippen LogP contribution >= 0.6 is 0 Å². The van der Waals surface area contributed by atoms with Crippen molar-refractivity contribution in [3.63, 3.8) is 0 Å². The first-order chi connectivity index (χ1) is 5.79. The lowest BCUT2D eigenvalue weighted by Crippen LogP contribution is -2.58. The molecule has 0 saturated carbocycles. The average molecular weight is 181 g/mol. The Bertz CT molecular complexity index is 222. The summed E-state index contributed by atoms with van der Waals surface area (Å²) in [4.78, 5) is 3.56. The third-order valence-electron chi connectivity index (χ3n) is 2.75. The smallest absolute Gasteiger partial charge is 0.227 e. The summed E-state index contributed by atoms with van der Waals surface area (Å²) < 4.78 is 0. The number of piperidine rings is 1. The van der Waals surface area contributed by atoms with Crippen molar-refractivity contribution in [1.29, 1.82) is 0 Å². The molecular weight excluding hydrogens is 164 g/mol. The normalized spacial score (nSPS) is 28.3. The molecule has 1 saturated heterocycles. The third-order valence-corrected chi connectivity index (χ3v) is 2.75. The minimum absolute atomic E-state index is 0.00944. The Morgan fingerprint density at radius 2 is 1.62 bits per heavy atom. The van der Waals surface area contributed by atoms with Crippen LogP contribution in [0.25, 0.3) is 4.85 Å². The largest absolute Gasteiger partial charge is 0.314 e. The van der Waals surface area contributed by atoms with E-state index in [0.29, 0.717) is 12.8 Å². The summed E-state index contributed by atoms with van der Waals surface area (Å²) in [6, 6.07) is 0.00944. The second kappa shape index (κ2) is 2.97. The van der Waals surface area contributed by atoms with Crippen molar-refractivity contribution in [2.45, 2.75) is 57.7 Å². The number of nitrogens with zero attached hydrogens (tertiary/aromatic N) is 2. The lowest BCUT2D eigenvalue weighted by atomic mass is 9.79. The molecule has 3 heteroatoms. The Balaban J connectivity index is 2.90. The van der Waals surface area contributed by atoms with Crippen LogP contribution in [0.2, 0.25) is 0 Å². The van der Waals surface area contributed by atoms with E-state index in [0.717, 1.165) is 5.06 Å². The topological polar surface area (TPSA) is 27.5 Å². The molecular formula is C10H17N2O. The van der Waals surface area contributed by atoms with Gasteiger partial charge in [0.15, 0.2) is 0 Å². The first kappa shape index (κ1) is 10.5. The van der Waals surface area contributed by atoms with Crippen LogP contribution in [-0.2, 0) is 5.21 Å². The molecule has 0 spiro atoms. The van der Waals surface area contributed by atoms with Gasteiger partial charge in [0.25, 0.3) is 0 Å². The van der Waals surface area contributed by atoms with Crippen molar-refractivity contribution in [2.24, 2.45) is 0 Å². The molecule has 0 aromatic carbocycles. The van der Waals surface area contributed by atoms with Gasteiger partial charge in [0.1, 0.15) is 0 Å². The van der Waals surface area contributed by atoms with E-state index in [2.05, 4.69) is 4.85 Å². The molecule has 1 heterocycles. The molecule has 0 aromatic rings. The standard InChI is InChI=1S/C10H17N2O/c1-9(2)6-8(11-5)7-10(3,4)12(9)13/h8H,6-7H2,1-4H3. The van der Waals surface area contributed by atoms with E-state index < -0.39 is 11.1 Å². The zero-order valence-electron chi connectivity index (χ0n) is 8.79. The van der Waals surface area contributed by atoms with Gasteiger partial charge in [-0.25, -0.2) is 6.57 Å². The molecule has 1 aliphatic heterocycles. The minimum atomic E-state index is -0.392. The van der Waals surface area contributed by atoms with Crippen molar-refractivity contribution in [3.05, 3.63) is 11.4 Å². The molecule has 0 aromatic heterocycles. The molecule has 0 N–H and O–H groups in total. The van der Waals surface area contributed by atoms with Gasteiger partial charge in [0, 0.05) is 12.8 Å². The van der Waals surface area contributed by atoms with Crippen LogP contribution < -0.4 is 0 Å². The molecule has 1 aliphatic rings. The van der Waals surface area contributed by atoms with Gasteiger partial charge in [-0.1, -0.05) is 0 Å². The summed E-state index contributed by atoms with van der Waals surface area (Å²) in [5, 5.41) is 13.0. The van der Waals surface area contributed by atoms with Crippen LogP contribution in [0.3, 0.4) is 0 Å². The molecule has 1 radical (unpaired) electrons. The van der Waals surface area contributed by atoms with E-state index in [1.165, 1.54) is 0 Å². The van der Waals surface area contributed by atoms with Gasteiger partial charge >= 0.3 is 0 Å². The number of hydrogen-bond acceptors (Lipinski definition) is 1. The van der Waals surface area contributed by atoms with E-state index in [9.17, 15) is 5.21 Å². The molecule has 13 heavy (non-hydrogen) atoms. The lowest BCUT2D eigenvalue weighted by molar-refractivity contribution is -0.287. The third kappa shape index (κ3) is 1.84. The number of rotatable bonds is 0. The van der Waals surface area contributed by atoms with Crippen molar-refractivity contribution in [3.8, 4) is 0 Å². The highest BCUT2D eigenvalue weighted by atomic mass is 16.5. The Morgan fingerprint density at radius 1 is 1.23 bits per heavy atom. The minimum Gasteiger partial charge on any atom is -0.314 e.